The lowest BCUT2D eigenvalue weighted by molar-refractivity contribution is 0.0782. The molecular weight excluding hydrogens is 396 g/mol. The van der Waals surface area contributed by atoms with Crippen molar-refractivity contribution in [2.75, 3.05) is 19.6 Å². The molecule has 2 heterocycles. The summed E-state index contributed by atoms with van der Waals surface area (Å²) in [6, 6.07) is 16.5. The van der Waals surface area contributed by atoms with Crippen LogP contribution in [0.5, 0.6) is 0 Å². The molecule has 1 aromatic heterocycles. The van der Waals surface area contributed by atoms with Gasteiger partial charge in [0.2, 0.25) is 0 Å². The van der Waals surface area contributed by atoms with Gasteiger partial charge in [0.15, 0.2) is 5.69 Å². The van der Waals surface area contributed by atoms with Gasteiger partial charge in [-0.3, -0.25) is 9.48 Å². The maximum Gasteiger partial charge on any atom is 0.274 e. The summed E-state index contributed by atoms with van der Waals surface area (Å²) in [4.78, 5) is 15.1. The Hall–Kier alpha value is -2.63. The van der Waals surface area contributed by atoms with Crippen LogP contribution in [0.1, 0.15) is 29.4 Å². The Morgan fingerprint density at radius 2 is 1.87 bits per heavy atom. The molecule has 0 bridgehead atoms. The van der Waals surface area contributed by atoms with Gasteiger partial charge in [-0.1, -0.05) is 48.9 Å². The summed E-state index contributed by atoms with van der Waals surface area (Å²) in [7, 11) is 1.90. The highest BCUT2D eigenvalue weighted by Gasteiger charge is 2.30. The molecule has 1 aliphatic rings. The van der Waals surface area contributed by atoms with Crippen molar-refractivity contribution >= 4 is 17.5 Å². The summed E-state index contributed by atoms with van der Waals surface area (Å²) >= 11 is 6.17. The third-order valence-electron chi connectivity index (χ3n) is 5.75. The van der Waals surface area contributed by atoms with E-state index in [1.807, 2.05) is 53.9 Å². The summed E-state index contributed by atoms with van der Waals surface area (Å²) in [5.74, 6) is 0.0146. The molecule has 0 aliphatic carbocycles. The molecule has 3 aromatic rings. The number of hydrogen-bond donors (Lipinski definition) is 1. The van der Waals surface area contributed by atoms with Gasteiger partial charge in [0.1, 0.15) is 0 Å². The molecule has 1 N–H and O–H groups in total. The van der Waals surface area contributed by atoms with Crippen LogP contribution in [-0.2, 0) is 7.05 Å². The Kier molecular flexibility index (Phi) is 5.93. The largest absolute Gasteiger partial charge is 0.336 e. The highest BCUT2D eigenvalue weighted by molar-refractivity contribution is 6.30. The Bertz CT molecular complexity index is 1070. The number of nitrogens with zero attached hydrogens (tertiary/aromatic N) is 3. The van der Waals surface area contributed by atoms with Gasteiger partial charge in [-0.05, 0) is 49.2 Å². The number of likely N-dealkylation sites (N-methyl/N-ethyl adjacent to an activating group) is 1. The fraction of sp³-hybridized carbons (Fsp3) is 0.333. The molecule has 30 heavy (non-hydrogen) atoms. The number of aryl methyl sites for hydroxylation is 1. The monoisotopic (exact) mass is 422 g/mol. The summed E-state index contributed by atoms with van der Waals surface area (Å²) in [5.41, 5.74) is 5.59. The predicted molar refractivity (Wildman–Crippen MR) is 122 cm³/mol. The normalized spacial score (nSPS) is 16.3. The second-order valence-corrected chi connectivity index (χ2v) is 8.27. The van der Waals surface area contributed by atoms with E-state index in [-0.39, 0.29) is 5.91 Å². The van der Waals surface area contributed by atoms with Crippen LogP contribution in [-0.4, -0.2) is 46.3 Å². The quantitative estimate of drug-likeness (QED) is 0.656. The Morgan fingerprint density at radius 1 is 1.17 bits per heavy atom. The Labute approximate surface area is 182 Å². The predicted octanol–water partition coefficient (Wildman–Crippen LogP) is 4.54. The Balaban J connectivity index is 1.65. The zero-order valence-electron chi connectivity index (χ0n) is 17.7. The van der Waals surface area contributed by atoms with Crippen LogP contribution in [0.2, 0.25) is 5.02 Å². The van der Waals surface area contributed by atoms with E-state index in [0.29, 0.717) is 16.8 Å². The minimum absolute atomic E-state index is 0.0146. The molecule has 0 spiro atoms. The lowest BCUT2D eigenvalue weighted by Gasteiger charge is -2.16. The average Bonchev–Trinajstić information content (AvgIpc) is 3.32. The zero-order valence-corrected chi connectivity index (χ0v) is 18.4. The maximum absolute atomic E-state index is 13.1. The molecule has 1 unspecified atom stereocenters. The standard InChI is InChI=1S/C24H27ClN4O/c1-4-26-21-11-12-29(15-21)24(30)22-16(2)23(28(3)27-22)19-9-5-7-17(13-19)18-8-6-10-20(25)14-18/h5-10,13-14,21,26H,4,11-12,15H2,1-3H3. The summed E-state index contributed by atoms with van der Waals surface area (Å²) in [5, 5.41) is 8.75. The number of benzene rings is 2. The third kappa shape index (κ3) is 4.00. The summed E-state index contributed by atoms with van der Waals surface area (Å²) in [6.45, 7) is 6.51. The van der Waals surface area contributed by atoms with E-state index in [2.05, 4.69) is 35.5 Å². The second-order valence-electron chi connectivity index (χ2n) is 7.83. The molecule has 0 radical (unpaired) electrons. The van der Waals surface area contributed by atoms with Crippen LogP contribution in [0, 0.1) is 6.92 Å². The number of aromatic nitrogens is 2. The molecule has 1 saturated heterocycles. The lowest BCUT2D eigenvalue weighted by Crippen LogP contribution is -2.35. The smallest absolute Gasteiger partial charge is 0.274 e. The fourth-order valence-corrected chi connectivity index (χ4v) is 4.49. The van der Waals surface area contributed by atoms with Gasteiger partial charge < -0.3 is 10.2 Å². The van der Waals surface area contributed by atoms with E-state index >= 15 is 0 Å². The minimum Gasteiger partial charge on any atom is -0.336 e. The van der Waals surface area contributed by atoms with Crippen molar-refractivity contribution in [2.45, 2.75) is 26.3 Å². The first-order valence-corrected chi connectivity index (χ1v) is 10.8. The van der Waals surface area contributed by atoms with Crippen LogP contribution in [0.3, 0.4) is 0 Å². The molecule has 5 nitrogen and oxygen atoms in total. The van der Waals surface area contributed by atoms with Gasteiger partial charge in [-0.15, -0.1) is 0 Å². The number of rotatable bonds is 5. The maximum atomic E-state index is 13.1. The zero-order chi connectivity index (χ0) is 21.3. The fourth-order valence-electron chi connectivity index (χ4n) is 4.30. The number of halogens is 1. The average molecular weight is 423 g/mol. The van der Waals surface area contributed by atoms with Crippen LogP contribution in [0.4, 0.5) is 0 Å². The van der Waals surface area contributed by atoms with E-state index in [0.717, 1.165) is 54.0 Å². The van der Waals surface area contributed by atoms with E-state index in [1.54, 1.807) is 0 Å². The number of carbonyl (C=O) groups is 1. The van der Waals surface area contributed by atoms with Crippen molar-refractivity contribution in [1.29, 1.82) is 0 Å². The van der Waals surface area contributed by atoms with Gasteiger partial charge in [-0.25, -0.2) is 0 Å². The minimum atomic E-state index is 0.0146. The van der Waals surface area contributed by atoms with E-state index in [4.69, 9.17) is 11.6 Å². The molecule has 1 atom stereocenters. The van der Waals surface area contributed by atoms with Gasteiger partial charge in [0, 0.05) is 42.3 Å². The molecule has 1 aliphatic heterocycles. The summed E-state index contributed by atoms with van der Waals surface area (Å²) < 4.78 is 1.82. The van der Waals surface area contributed by atoms with Gasteiger partial charge in [-0.2, -0.15) is 5.10 Å². The lowest BCUT2D eigenvalue weighted by atomic mass is 10.00. The first kappa shape index (κ1) is 20.6. The second kappa shape index (κ2) is 8.62. The highest BCUT2D eigenvalue weighted by Crippen LogP contribution is 2.31. The van der Waals surface area contributed by atoms with Crippen molar-refractivity contribution < 1.29 is 4.79 Å². The first-order valence-electron chi connectivity index (χ1n) is 10.4. The van der Waals surface area contributed by atoms with Crippen LogP contribution in [0.25, 0.3) is 22.4 Å². The SMILES string of the molecule is CCNC1CCN(C(=O)c2nn(C)c(-c3cccc(-c4cccc(Cl)c4)c3)c2C)C1. The van der Waals surface area contributed by atoms with Crippen molar-refractivity contribution in [1.82, 2.24) is 20.0 Å². The topological polar surface area (TPSA) is 50.2 Å². The molecule has 0 saturated carbocycles. The highest BCUT2D eigenvalue weighted by atomic mass is 35.5. The van der Waals surface area contributed by atoms with E-state index < -0.39 is 0 Å². The van der Waals surface area contributed by atoms with Crippen molar-refractivity contribution in [3.63, 3.8) is 0 Å². The number of nitrogens with one attached hydrogen (secondary N) is 1. The van der Waals surface area contributed by atoms with E-state index in [1.165, 1.54) is 0 Å². The Morgan fingerprint density at radius 3 is 2.60 bits per heavy atom. The number of hydrogen-bond acceptors (Lipinski definition) is 3. The van der Waals surface area contributed by atoms with Crippen molar-refractivity contribution in [2.24, 2.45) is 7.05 Å². The molecule has 2 aromatic carbocycles. The number of amides is 1. The van der Waals surface area contributed by atoms with Crippen molar-refractivity contribution in [3.05, 3.63) is 64.8 Å². The molecule has 1 fully saturated rings. The molecular formula is C24H27ClN4O. The summed E-state index contributed by atoms with van der Waals surface area (Å²) in [6.07, 6.45) is 0.986. The third-order valence-corrected chi connectivity index (χ3v) is 5.98. The molecule has 6 heteroatoms. The van der Waals surface area contributed by atoms with Crippen molar-refractivity contribution in [3.8, 4) is 22.4 Å². The van der Waals surface area contributed by atoms with Gasteiger partial charge >= 0.3 is 0 Å². The van der Waals surface area contributed by atoms with Crippen LogP contribution >= 0.6 is 11.6 Å². The van der Waals surface area contributed by atoms with Gasteiger partial charge in [0.05, 0.1) is 5.69 Å². The van der Waals surface area contributed by atoms with Gasteiger partial charge in [0.25, 0.3) is 5.91 Å². The number of carbonyl (C=O) groups excluding carboxylic acids is 1. The number of likely N-dealkylation sites (tertiary alicyclic amines) is 1. The first-order chi connectivity index (χ1) is 14.5. The molecule has 1 amide bonds. The molecule has 4 rings (SSSR count). The molecule has 156 valence electrons. The van der Waals surface area contributed by atoms with E-state index in [9.17, 15) is 4.79 Å². The van der Waals surface area contributed by atoms with Crippen LogP contribution in [0.15, 0.2) is 48.5 Å². The van der Waals surface area contributed by atoms with Crippen LogP contribution < -0.4 is 5.32 Å².